The van der Waals surface area contributed by atoms with E-state index in [9.17, 15) is 5.11 Å². The SMILES string of the molecule is Cn1cc(NC(CO)CCO)c2ccccc21. The van der Waals surface area contributed by atoms with E-state index >= 15 is 0 Å². The Morgan fingerprint density at radius 1 is 1.29 bits per heavy atom. The number of aliphatic hydroxyl groups excluding tert-OH is 2. The molecule has 0 amide bonds. The number of hydrogen-bond acceptors (Lipinski definition) is 3. The molecule has 4 heteroatoms. The van der Waals surface area contributed by atoms with Crippen molar-refractivity contribution in [1.82, 2.24) is 4.57 Å². The van der Waals surface area contributed by atoms with Gasteiger partial charge in [0.05, 0.1) is 18.3 Å². The van der Waals surface area contributed by atoms with Crippen LogP contribution in [0.15, 0.2) is 30.5 Å². The van der Waals surface area contributed by atoms with Crippen LogP contribution >= 0.6 is 0 Å². The summed E-state index contributed by atoms with van der Waals surface area (Å²) in [6.45, 7) is 0.0901. The van der Waals surface area contributed by atoms with Crippen molar-refractivity contribution in [3.63, 3.8) is 0 Å². The maximum absolute atomic E-state index is 9.22. The summed E-state index contributed by atoms with van der Waals surface area (Å²) >= 11 is 0. The monoisotopic (exact) mass is 234 g/mol. The van der Waals surface area contributed by atoms with Gasteiger partial charge in [-0.1, -0.05) is 18.2 Å². The molecule has 4 nitrogen and oxygen atoms in total. The van der Waals surface area contributed by atoms with Crippen molar-refractivity contribution in [1.29, 1.82) is 0 Å². The molecule has 1 aromatic heterocycles. The summed E-state index contributed by atoms with van der Waals surface area (Å²) < 4.78 is 2.05. The minimum atomic E-state index is -0.106. The quantitative estimate of drug-likeness (QED) is 0.731. The third-order valence-corrected chi connectivity index (χ3v) is 2.95. The van der Waals surface area contributed by atoms with Crippen LogP contribution in [0.1, 0.15) is 6.42 Å². The Morgan fingerprint density at radius 2 is 2.06 bits per heavy atom. The Morgan fingerprint density at radius 3 is 2.76 bits per heavy atom. The molecule has 0 saturated heterocycles. The van der Waals surface area contributed by atoms with E-state index in [-0.39, 0.29) is 19.3 Å². The molecule has 0 radical (unpaired) electrons. The Bertz CT molecular complexity index is 493. The van der Waals surface area contributed by atoms with Crippen molar-refractivity contribution >= 4 is 16.6 Å². The fraction of sp³-hybridized carbons (Fsp3) is 0.385. The Hall–Kier alpha value is -1.52. The van der Waals surface area contributed by atoms with E-state index in [0.29, 0.717) is 6.42 Å². The summed E-state index contributed by atoms with van der Waals surface area (Å²) in [4.78, 5) is 0. The first kappa shape index (κ1) is 12.0. The largest absolute Gasteiger partial charge is 0.396 e. The molecule has 1 aromatic carbocycles. The van der Waals surface area contributed by atoms with Crippen molar-refractivity contribution < 1.29 is 10.2 Å². The highest BCUT2D eigenvalue weighted by Crippen LogP contribution is 2.25. The first-order valence-corrected chi connectivity index (χ1v) is 5.78. The van der Waals surface area contributed by atoms with Gasteiger partial charge in [0, 0.05) is 30.8 Å². The van der Waals surface area contributed by atoms with Crippen LogP contribution in [0.25, 0.3) is 10.9 Å². The predicted molar refractivity (Wildman–Crippen MR) is 69.1 cm³/mol. The molecule has 0 bridgehead atoms. The average molecular weight is 234 g/mol. The number of aryl methyl sites for hydroxylation is 1. The lowest BCUT2D eigenvalue weighted by molar-refractivity contribution is 0.229. The first-order valence-electron chi connectivity index (χ1n) is 5.78. The van der Waals surface area contributed by atoms with Gasteiger partial charge in [-0.15, -0.1) is 0 Å². The number of fused-ring (bicyclic) bond motifs is 1. The van der Waals surface area contributed by atoms with Crippen LogP contribution in [0, 0.1) is 0 Å². The number of nitrogens with one attached hydrogen (secondary N) is 1. The van der Waals surface area contributed by atoms with Crippen molar-refractivity contribution in [2.75, 3.05) is 18.5 Å². The highest BCUT2D eigenvalue weighted by atomic mass is 16.3. The third kappa shape index (κ3) is 2.43. The van der Waals surface area contributed by atoms with E-state index in [1.807, 2.05) is 36.0 Å². The van der Waals surface area contributed by atoms with Crippen molar-refractivity contribution in [2.45, 2.75) is 12.5 Å². The second kappa shape index (κ2) is 5.21. The van der Waals surface area contributed by atoms with Crippen molar-refractivity contribution in [2.24, 2.45) is 7.05 Å². The number of aliphatic hydroxyl groups is 2. The van der Waals surface area contributed by atoms with Gasteiger partial charge >= 0.3 is 0 Å². The second-order valence-electron chi connectivity index (χ2n) is 4.21. The summed E-state index contributed by atoms with van der Waals surface area (Å²) in [5, 5.41) is 22.5. The molecule has 3 N–H and O–H groups in total. The van der Waals surface area contributed by atoms with Gasteiger partial charge in [0.1, 0.15) is 0 Å². The van der Waals surface area contributed by atoms with Crippen molar-refractivity contribution in [3.8, 4) is 0 Å². The molecule has 1 atom stereocenters. The number of nitrogens with zero attached hydrogens (tertiary/aromatic N) is 1. The fourth-order valence-corrected chi connectivity index (χ4v) is 2.04. The molecular formula is C13H18N2O2. The number of para-hydroxylation sites is 1. The normalized spacial score (nSPS) is 12.9. The van der Waals surface area contributed by atoms with E-state index in [0.717, 1.165) is 16.6 Å². The van der Waals surface area contributed by atoms with Gasteiger partial charge < -0.3 is 20.1 Å². The molecule has 0 spiro atoms. The van der Waals surface area contributed by atoms with Gasteiger partial charge in [0.15, 0.2) is 0 Å². The van der Waals surface area contributed by atoms with Crippen LogP contribution in [-0.2, 0) is 7.05 Å². The highest BCUT2D eigenvalue weighted by molar-refractivity contribution is 5.93. The third-order valence-electron chi connectivity index (χ3n) is 2.95. The van der Waals surface area contributed by atoms with Crippen LogP contribution in [-0.4, -0.2) is 34.0 Å². The van der Waals surface area contributed by atoms with Gasteiger partial charge in [-0.05, 0) is 12.5 Å². The lowest BCUT2D eigenvalue weighted by Gasteiger charge is -2.15. The van der Waals surface area contributed by atoms with Crippen LogP contribution < -0.4 is 5.32 Å². The van der Waals surface area contributed by atoms with Gasteiger partial charge in [-0.25, -0.2) is 0 Å². The van der Waals surface area contributed by atoms with Crippen LogP contribution in [0.3, 0.4) is 0 Å². The highest BCUT2D eigenvalue weighted by Gasteiger charge is 2.10. The number of hydrogen-bond donors (Lipinski definition) is 3. The Labute approximate surface area is 100 Å². The molecule has 2 rings (SSSR count). The number of benzene rings is 1. The molecule has 1 unspecified atom stereocenters. The smallest absolute Gasteiger partial charge is 0.0633 e. The zero-order chi connectivity index (χ0) is 12.3. The second-order valence-corrected chi connectivity index (χ2v) is 4.21. The van der Waals surface area contributed by atoms with Gasteiger partial charge in [-0.3, -0.25) is 0 Å². The first-order chi connectivity index (χ1) is 8.26. The van der Waals surface area contributed by atoms with Crippen LogP contribution in [0.4, 0.5) is 5.69 Å². The number of aromatic nitrogens is 1. The van der Waals surface area contributed by atoms with Gasteiger partial charge in [0.25, 0.3) is 0 Å². The fourth-order valence-electron chi connectivity index (χ4n) is 2.04. The van der Waals surface area contributed by atoms with E-state index in [1.54, 1.807) is 0 Å². The Balaban J connectivity index is 2.29. The van der Waals surface area contributed by atoms with E-state index in [1.165, 1.54) is 0 Å². The minimum Gasteiger partial charge on any atom is -0.396 e. The molecule has 0 aliphatic heterocycles. The summed E-state index contributed by atoms with van der Waals surface area (Å²) in [6, 6.07) is 7.99. The molecule has 0 fully saturated rings. The molecule has 17 heavy (non-hydrogen) atoms. The predicted octanol–water partition coefficient (Wildman–Crippen LogP) is 1.33. The molecule has 92 valence electrons. The van der Waals surface area contributed by atoms with Crippen molar-refractivity contribution in [3.05, 3.63) is 30.5 Å². The van der Waals surface area contributed by atoms with E-state index in [2.05, 4.69) is 11.4 Å². The molecule has 0 saturated carbocycles. The van der Waals surface area contributed by atoms with Crippen LogP contribution in [0.5, 0.6) is 0 Å². The molecule has 2 aromatic rings. The summed E-state index contributed by atoms with van der Waals surface area (Å²) in [5.41, 5.74) is 2.14. The van der Waals surface area contributed by atoms with Gasteiger partial charge in [0.2, 0.25) is 0 Å². The summed E-state index contributed by atoms with van der Waals surface area (Å²) in [7, 11) is 1.99. The topological polar surface area (TPSA) is 57.4 Å². The zero-order valence-electron chi connectivity index (χ0n) is 9.93. The molecular weight excluding hydrogens is 216 g/mol. The molecule has 0 aliphatic carbocycles. The van der Waals surface area contributed by atoms with E-state index < -0.39 is 0 Å². The average Bonchev–Trinajstić information content (AvgIpc) is 2.66. The standard InChI is InChI=1S/C13H18N2O2/c1-15-8-12(14-10(9-17)6-7-16)11-4-2-3-5-13(11)15/h2-5,8,10,14,16-17H,6-7,9H2,1H3. The zero-order valence-corrected chi connectivity index (χ0v) is 9.93. The lowest BCUT2D eigenvalue weighted by Crippen LogP contribution is -2.24. The van der Waals surface area contributed by atoms with Crippen LogP contribution in [0.2, 0.25) is 0 Å². The molecule has 1 heterocycles. The number of anilines is 1. The van der Waals surface area contributed by atoms with Gasteiger partial charge in [-0.2, -0.15) is 0 Å². The number of rotatable bonds is 5. The minimum absolute atomic E-state index is 0.0176. The Kier molecular flexibility index (Phi) is 3.66. The molecule has 0 aliphatic rings. The summed E-state index contributed by atoms with van der Waals surface area (Å²) in [6.07, 6.45) is 2.55. The summed E-state index contributed by atoms with van der Waals surface area (Å²) in [5.74, 6) is 0. The maximum atomic E-state index is 9.22. The van der Waals surface area contributed by atoms with E-state index in [4.69, 9.17) is 5.11 Å². The maximum Gasteiger partial charge on any atom is 0.0633 e. The lowest BCUT2D eigenvalue weighted by atomic mass is 10.2.